The van der Waals surface area contributed by atoms with Crippen molar-refractivity contribution >= 4 is 22.5 Å². The van der Waals surface area contributed by atoms with Crippen molar-refractivity contribution in [1.82, 2.24) is 25.3 Å². The fourth-order valence-electron chi connectivity index (χ4n) is 4.43. The highest BCUT2D eigenvalue weighted by atomic mass is 16.2. The molecular formula is C25H23N7O. The van der Waals surface area contributed by atoms with Crippen LogP contribution >= 0.6 is 0 Å². The van der Waals surface area contributed by atoms with Crippen LogP contribution in [0.2, 0.25) is 0 Å². The summed E-state index contributed by atoms with van der Waals surface area (Å²) in [5.74, 6) is 0.848. The molecule has 0 unspecified atom stereocenters. The van der Waals surface area contributed by atoms with Gasteiger partial charge in [-0.25, -0.2) is 0 Å². The number of fused-ring (bicyclic) bond motifs is 1. The van der Waals surface area contributed by atoms with Crippen molar-refractivity contribution in [3.63, 3.8) is 0 Å². The fourth-order valence-corrected chi connectivity index (χ4v) is 4.43. The van der Waals surface area contributed by atoms with E-state index < -0.39 is 0 Å². The van der Waals surface area contributed by atoms with E-state index in [-0.39, 0.29) is 11.9 Å². The first kappa shape index (κ1) is 20.6. The lowest BCUT2D eigenvalue weighted by atomic mass is 10.0. The summed E-state index contributed by atoms with van der Waals surface area (Å²) in [7, 11) is 1.86. The minimum atomic E-state index is -0.0212. The Hall–Kier alpha value is -4.25. The van der Waals surface area contributed by atoms with Crippen LogP contribution in [0.25, 0.3) is 22.2 Å². The minimum Gasteiger partial charge on any atom is -0.354 e. The number of aromatic nitrogens is 4. The van der Waals surface area contributed by atoms with Crippen molar-refractivity contribution in [2.24, 2.45) is 0 Å². The Bertz CT molecular complexity index is 1320. The Kier molecular flexibility index (Phi) is 5.45. The van der Waals surface area contributed by atoms with E-state index in [0.29, 0.717) is 11.1 Å². The first-order valence-corrected chi connectivity index (χ1v) is 10.9. The largest absolute Gasteiger partial charge is 0.354 e. The molecule has 2 aromatic heterocycles. The minimum absolute atomic E-state index is 0.0212. The van der Waals surface area contributed by atoms with Crippen molar-refractivity contribution in [2.45, 2.75) is 18.9 Å². The quantitative estimate of drug-likeness (QED) is 0.523. The van der Waals surface area contributed by atoms with Crippen LogP contribution in [0.5, 0.6) is 0 Å². The molecule has 5 rings (SSSR count). The van der Waals surface area contributed by atoms with Gasteiger partial charge in [0, 0.05) is 48.7 Å². The Labute approximate surface area is 191 Å². The molecule has 1 aliphatic rings. The van der Waals surface area contributed by atoms with Gasteiger partial charge < -0.3 is 9.80 Å². The summed E-state index contributed by atoms with van der Waals surface area (Å²) in [4.78, 5) is 17.0. The number of H-pyrrole nitrogens is 1. The summed E-state index contributed by atoms with van der Waals surface area (Å²) in [6.07, 6.45) is 3.40. The molecule has 8 nitrogen and oxygen atoms in total. The van der Waals surface area contributed by atoms with Gasteiger partial charge in [-0.1, -0.05) is 24.3 Å². The molecule has 1 N–H and O–H groups in total. The van der Waals surface area contributed by atoms with Crippen molar-refractivity contribution in [3.05, 3.63) is 71.9 Å². The van der Waals surface area contributed by atoms with E-state index in [1.54, 1.807) is 30.5 Å². The number of nitriles is 1. The van der Waals surface area contributed by atoms with Crippen molar-refractivity contribution in [3.8, 4) is 17.5 Å². The zero-order chi connectivity index (χ0) is 22.8. The molecule has 0 saturated carbocycles. The summed E-state index contributed by atoms with van der Waals surface area (Å²) in [6, 6.07) is 19.1. The second-order valence-electron chi connectivity index (χ2n) is 8.21. The standard InChI is InChI=1S/C25H23N7O/c1-31(25(33)18-8-6-17(16-26)7-9-18)19-11-14-32(15-12-19)24-21-5-3-2-4-20(21)23(29-30-24)22-10-13-27-28-22/h2-10,13,19H,11-12,14-15H2,1H3,(H,27,28). The van der Waals surface area contributed by atoms with Crippen LogP contribution in [0.4, 0.5) is 5.82 Å². The van der Waals surface area contributed by atoms with Gasteiger partial charge in [-0.3, -0.25) is 9.89 Å². The lowest BCUT2D eigenvalue weighted by molar-refractivity contribution is 0.0709. The fraction of sp³-hybridized carbons (Fsp3) is 0.240. The van der Waals surface area contributed by atoms with Crippen LogP contribution in [0.15, 0.2) is 60.8 Å². The molecule has 4 aromatic rings. The van der Waals surface area contributed by atoms with Gasteiger partial charge in [0.25, 0.3) is 5.91 Å². The van der Waals surface area contributed by atoms with Crippen LogP contribution in [0, 0.1) is 11.3 Å². The van der Waals surface area contributed by atoms with E-state index in [4.69, 9.17) is 5.26 Å². The predicted molar refractivity (Wildman–Crippen MR) is 126 cm³/mol. The number of nitrogens with one attached hydrogen (secondary N) is 1. The molecule has 2 aromatic carbocycles. The third-order valence-corrected chi connectivity index (χ3v) is 6.32. The number of nitrogens with zero attached hydrogens (tertiary/aromatic N) is 6. The Balaban J connectivity index is 1.32. The van der Waals surface area contributed by atoms with Gasteiger partial charge in [0.05, 0.1) is 17.3 Å². The van der Waals surface area contributed by atoms with Gasteiger partial charge in [-0.05, 0) is 43.2 Å². The monoisotopic (exact) mass is 437 g/mol. The molecule has 33 heavy (non-hydrogen) atoms. The van der Waals surface area contributed by atoms with Gasteiger partial charge in [0.1, 0.15) is 5.69 Å². The third kappa shape index (κ3) is 3.89. The first-order chi connectivity index (χ1) is 16.2. The number of anilines is 1. The summed E-state index contributed by atoms with van der Waals surface area (Å²) < 4.78 is 0. The predicted octanol–water partition coefficient (Wildman–Crippen LogP) is 3.63. The number of benzene rings is 2. The number of hydrogen-bond donors (Lipinski definition) is 1. The van der Waals surface area contributed by atoms with Crippen LogP contribution in [-0.4, -0.2) is 57.4 Å². The molecule has 1 aliphatic heterocycles. The molecule has 0 spiro atoms. The highest BCUT2D eigenvalue weighted by Gasteiger charge is 2.28. The van der Waals surface area contributed by atoms with Gasteiger partial charge in [0.2, 0.25) is 0 Å². The molecule has 0 bridgehead atoms. The maximum Gasteiger partial charge on any atom is 0.253 e. The van der Waals surface area contributed by atoms with Crippen molar-refractivity contribution in [2.75, 3.05) is 25.0 Å². The van der Waals surface area contributed by atoms with E-state index in [1.165, 1.54) is 0 Å². The van der Waals surface area contributed by atoms with Gasteiger partial charge in [0.15, 0.2) is 5.82 Å². The Morgan fingerprint density at radius 2 is 1.79 bits per heavy atom. The molecule has 1 saturated heterocycles. The summed E-state index contributed by atoms with van der Waals surface area (Å²) >= 11 is 0. The molecule has 164 valence electrons. The molecule has 0 radical (unpaired) electrons. The molecule has 0 aliphatic carbocycles. The van der Waals surface area contributed by atoms with Gasteiger partial charge in [-0.15, -0.1) is 10.2 Å². The van der Waals surface area contributed by atoms with Crippen LogP contribution < -0.4 is 4.90 Å². The zero-order valence-electron chi connectivity index (χ0n) is 18.3. The smallest absolute Gasteiger partial charge is 0.253 e. The number of hydrogen-bond acceptors (Lipinski definition) is 6. The van der Waals surface area contributed by atoms with E-state index in [1.807, 2.05) is 30.1 Å². The topological polar surface area (TPSA) is 102 Å². The van der Waals surface area contributed by atoms with Crippen LogP contribution in [0.3, 0.4) is 0 Å². The Morgan fingerprint density at radius 3 is 2.45 bits per heavy atom. The van der Waals surface area contributed by atoms with Crippen molar-refractivity contribution in [1.29, 1.82) is 5.26 Å². The van der Waals surface area contributed by atoms with Gasteiger partial charge in [-0.2, -0.15) is 10.4 Å². The summed E-state index contributed by atoms with van der Waals surface area (Å²) in [6.45, 7) is 1.58. The number of rotatable bonds is 4. The SMILES string of the molecule is CN(C(=O)c1ccc(C#N)cc1)C1CCN(c2nnc(-c3ccn[nH]3)c3ccccc23)CC1. The highest BCUT2D eigenvalue weighted by Crippen LogP contribution is 2.32. The molecule has 3 heterocycles. The van der Waals surface area contributed by atoms with Gasteiger partial charge >= 0.3 is 0 Å². The molecule has 0 atom stereocenters. The average molecular weight is 438 g/mol. The van der Waals surface area contributed by atoms with E-state index in [0.717, 1.165) is 53.9 Å². The average Bonchev–Trinajstić information content (AvgIpc) is 3.42. The zero-order valence-corrected chi connectivity index (χ0v) is 18.3. The lowest BCUT2D eigenvalue weighted by Crippen LogP contribution is -2.46. The third-order valence-electron chi connectivity index (χ3n) is 6.32. The summed E-state index contributed by atoms with van der Waals surface area (Å²) in [5.41, 5.74) is 2.78. The summed E-state index contributed by atoms with van der Waals surface area (Å²) in [5, 5.41) is 27.1. The highest BCUT2D eigenvalue weighted by molar-refractivity contribution is 5.99. The first-order valence-electron chi connectivity index (χ1n) is 10.9. The maximum absolute atomic E-state index is 12.9. The number of carbonyl (C=O) groups excluding carboxylic acids is 1. The van der Waals surface area contributed by atoms with E-state index in [2.05, 4.69) is 43.5 Å². The normalized spacial score (nSPS) is 14.2. The number of carbonyl (C=O) groups is 1. The van der Waals surface area contributed by atoms with Crippen LogP contribution in [-0.2, 0) is 0 Å². The lowest BCUT2D eigenvalue weighted by Gasteiger charge is -2.37. The van der Waals surface area contributed by atoms with Crippen LogP contribution in [0.1, 0.15) is 28.8 Å². The number of amides is 1. The van der Waals surface area contributed by atoms with E-state index >= 15 is 0 Å². The Morgan fingerprint density at radius 1 is 1.06 bits per heavy atom. The second-order valence-corrected chi connectivity index (χ2v) is 8.21. The molecule has 1 amide bonds. The molecule has 8 heteroatoms. The number of aromatic amines is 1. The van der Waals surface area contributed by atoms with E-state index in [9.17, 15) is 4.79 Å². The number of piperidine rings is 1. The maximum atomic E-state index is 12.9. The molecular weight excluding hydrogens is 414 g/mol. The van der Waals surface area contributed by atoms with Crippen molar-refractivity contribution < 1.29 is 4.79 Å². The second kappa shape index (κ2) is 8.71. The molecule has 1 fully saturated rings.